The second-order valence-electron chi connectivity index (χ2n) is 10.8. The number of epoxide rings is 2. The summed E-state index contributed by atoms with van der Waals surface area (Å²) in [6.45, 7) is 13.1. The molecule has 1 spiro atoms. The van der Waals surface area contributed by atoms with Gasteiger partial charge in [-0.1, -0.05) is 19.1 Å². The molecule has 4 fully saturated rings. The number of carbonyl (C=O) groups excluding carboxylic acids is 2. The highest BCUT2D eigenvalue weighted by Crippen LogP contribution is 2.70. The molecule has 2 aliphatic heterocycles. The Hall–Kier alpha value is -1.44. The van der Waals surface area contributed by atoms with Crippen LogP contribution in [0, 0.1) is 11.3 Å². The smallest absolute Gasteiger partial charge is 0.302 e. The van der Waals surface area contributed by atoms with E-state index in [1.165, 1.54) is 13.8 Å². The number of rotatable bonds is 4. The quantitative estimate of drug-likeness (QED) is 0.411. The van der Waals surface area contributed by atoms with Crippen LogP contribution in [-0.2, 0) is 28.5 Å². The first-order chi connectivity index (χ1) is 14.3. The molecule has 31 heavy (non-hydrogen) atoms. The summed E-state index contributed by atoms with van der Waals surface area (Å²) in [5, 5.41) is 11.0. The molecule has 7 heteroatoms. The molecule has 7 atom stereocenters. The molecule has 4 aliphatic rings. The van der Waals surface area contributed by atoms with Crippen molar-refractivity contribution in [2.45, 2.75) is 108 Å². The van der Waals surface area contributed by atoms with Crippen LogP contribution in [0.15, 0.2) is 12.2 Å². The molecule has 2 saturated heterocycles. The lowest BCUT2D eigenvalue weighted by Crippen LogP contribution is -2.52. The van der Waals surface area contributed by atoms with E-state index < -0.39 is 22.2 Å². The number of carbonyl (C=O) groups is 2. The van der Waals surface area contributed by atoms with Crippen LogP contribution in [0.4, 0.5) is 0 Å². The number of hydrogen-bond donors (Lipinski definition) is 1. The molecule has 2 saturated carbocycles. The zero-order chi connectivity index (χ0) is 22.8. The first kappa shape index (κ1) is 22.7. The molecule has 2 aliphatic carbocycles. The van der Waals surface area contributed by atoms with E-state index >= 15 is 0 Å². The maximum Gasteiger partial charge on any atom is 0.302 e. The van der Waals surface area contributed by atoms with Crippen molar-refractivity contribution >= 4 is 11.9 Å². The minimum absolute atomic E-state index is 0.0247. The fourth-order valence-electron chi connectivity index (χ4n) is 6.52. The van der Waals surface area contributed by atoms with Gasteiger partial charge in [0.15, 0.2) is 0 Å². The molecular weight excluding hydrogens is 400 g/mol. The van der Waals surface area contributed by atoms with E-state index in [0.29, 0.717) is 12.8 Å². The predicted molar refractivity (Wildman–Crippen MR) is 112 cm³/mol. The van der Waals surface area contributed by atoms with Crippen LogP contribution in [0.25, 0.3) is 0 Å². The minimum atomic E-state index is -0.947. The molecule has 0 aromatic carbocycles. The van der Waals surface area contributed by atoms with Gasteiger partial charge in [-0.05, 0) is 39.5 Å². The Morgan fingerprint density at radius 1 is 1.19 bits per heavy atom. The molecule has 174 valence electrons. The molecule has 2 heterocycles. The van der Waals surface area contributed by atoms with Crippen molar-refractivity contribution in [1.29, 1.82) is 0 Å². The number of ether oxygens (including phenoxy) is 4. The van der Waals surface area contributed by atoms with Gasteiger partial charge in [0.1, 0.15) is 23.9 Å². The van der Waals surface area contributed by atoms with E-state index in [1.54, 1.807) is 0 Å². The van der Waals surface area contributed by atoms with Gasteiger partial charge >= 0.3 is 11.9 Å². The molecule has 0 aromatic heterocycles. The van der Waals surface area contributed by atoms with E-state index in [2.05, 4.69) is 13.5 Å². The molecule has 0 amide bonds. The fourth-order valence-corrected chi connectivity index (χ4v) is 6.52. The lowest BCUT2D eigenvalue weighted by Gasteiger charge is -2.41. The summed E-state index contributed by atoms with van der Waals surface area (Å²) >= 11 is 0. The summed E-state index contributed by atoms with van der Waals surface area (Å²) in [6.07, 6.45) is 3.70. The highest BCUT2D eigenvalue weighted by atomic mass is 16.7. The third-order valence-corrected chi connectivity index (χ3v) is 8.18. The summed E-state index contributed by atoms with van der Waals surface area (Å²) in [6, 6.07) is 0. The van der Waals surface area contributed by atoms with Gasteiger partial charge in [0.25, 0.3) is 0 Å². The third-order valence-electron chi connectivity index (χ3n) is 8.18. The highest BCUT2D eigenvalue weighted by molar-refractivity contribution is 5.66. The first-order valence-corrected chi connectivity index (χ1v) is 11.4. The van der Waals surface area contributed by atoms with Gasteiger partial charge in [-0.25, -0.2) is 0 Å². The second kappa shape index (κ2) is 7.29. The van der Waals surface area contributed by atoms with Crippen molar-refractivity contribution < 1.29 is 33.6 Å². The minimum Gasteiger partial charge on any atom is -0.463 e. The van der Waals surface area contributed by atoms with Crippen molar-refractivity contribution in [1.82, 2.24) is 0 Å². The fraction of sp³-hybridized carbons (Fsp3) is 0.833. The lowest BCUT2D eigenvalue weighted by atomic mass is 9.65. The van der Waals surface area contributed by atoms with Crippen LogP contribution >= 0.6 is 0 Å². The summed E-state index contributed by atoms with van der Waals surface area (Å²) in [5.41, 5.74) is -1.60. The summed E-state index contributed by atoms with van der Waals surface area (Å²) in [7, 11) is 0. The summed E-state index contributed by atoms with van der Waals surface area (Å²) < 4.78 is 23.9. The SMILES string of the molecule is C=C1CC[C@@H]2O[C@]2(COC(C)=O)C[C@H]2O[C@@]23[C@H](C(C)(C)O)CC[C@@]3(C)C(OC(C)=O)C1. The van der Waals surface area contributed by atoms with Crippen LogP contribution in [0.1, 0.15) is 73.1 Å². The van der Waals surface area contributed by atoms with Crippen LogP contribution in [0.5, 0.6) is 0 Å². The number of esters is 2. The molecule has 4 rings (SSSR count). The monoisotopic (exact) mass is 436 g/mol. The van der Waals surface area contributed by atoms with Gasteiger partial charge < -0.3 is 24.1 Å². The average molecular weight is 437 g/mol. The Bertz CT molecular complexity index is 785. The van der Waals surface area contributed by atoms with Crippen molar-refractivity contribution in [2.24, 2.45) is 11.3 Å². The second-order valence-corrected chi connectivity index (χ2v) is 10.8. The zero-order valence-corrected chi connectivity index (χ0v) is 19.4. The number of fused-ring (bicyclic) bond motifs is 1. The molecule has 0 bridgehead atoms. The molecular formula is C24H36O7. The van der Waals surface area contributed by atoms with Crippen molar-refractivity contribution in [3.8, 4) is 0 Å². The van der Waals surface area contributed by atoms with E-state index in [1.807, 2.05) is 13.8 Å². The van der Waals surface area contributed by atoms with E-state index in [-0.39, 0.29) is 42.8 Å². The van der Waals surface area contributed by atoms with Gasteiger partial charge in [0, 0.05) is 38.0 Å². The standard InChI is InChI=1S/C24H36O7/c1-14-7-8-18-23(30-18,13-28-15(2)25)12-20-24(31-20)17(21(4,5)27)9-10-22(24,6)19(11-14)29-16(3)26/h17-20,27H,1,7-13H2,2-6H3/t17-,18-,19?,20+,22-,23-,24-/m0/s1. The largest absolute Gasteiger partial charge is 0.463 e. The first-order valence-electron chi connectivity index (χ1n) is 11.4. The van der Waals surface area contributed by atoms with Crippen molar-refractivity contribution in [3.05, 3.63) is 12.2 Å². The van der Waals surface area contributed by atoms with Crippen LogP contribution in [0.2, 0.25) is 0 Å². The summed E-state index contributed by atoms with van der Waals surface area (Å²) in [5.74, 6) is -0.751. The maximum atomic E-state index is 12.0. The molecule has 0 radical (unpaired) electrons. The average Bonchev–Trinajstić information content (AvgIpc) is 3.49. The topological polar surface area (TPSA) is 97.9 Å². The van der Waals surface area contributed by atoms with Gasteiger partial charge in [-0.3, -0.25) is 9.59 Å². The van der Waals surface area contributed by atoms with Gasteiger partial charge in [-0.15, -0.1) is 0 Å². The Labute approximate surface area is 184 Å². The van der Waals surface area contributed by atoms with Crippen LogP contribution in [-0.4, -0.2) is 58.8 Å². The Morgan fingerprint density at radius 2 is 1.90 bits per heavy atom. The van der Waals surface area contributed by atoms with E-state index in [9.17, 15) is 14.7 Å². The Kier molecular flexibility index (Phi) is 5.35. The molecule has 7 nitrogen and oxygen atoms in total. The Balaban J connectivity index is 1.72. The van der Waals surface area contributed by atoms with Crippen molar-refractivity contribution in [2.75, 3.05) is 6.61 Å². The van der Waals surface area contributed by atoms with Crippen LogP contribution < -0.4 is 0 Å². The number of aliphatic hydroxyl groups is 1. The Morgan fingerprint density at radius 3 is 2.52 bits per heavy atom. The van der Waals surface area contributed by atoms with Crippen LogP contribution in [0.3, 0.4) is 0 Å². The highest BCUT2D eigenvalue weighted by Gasteiger charge is 2.79. The molecule has 0 aromatic rings. The number of hydrogen-bond acceptors (Lipinski definition) is 7. The zero-order valence-electron chi connectivity index (χ0n) is 19.4. The van der Waals surface area contributed by atoms with E-state index in [4.69, 9.17) is 18.9 Å². The molecule has 1 N–H and O–H groups in total. The summed E-state index contributed by atoms with van der Waals surface area (Å²) in [4.78, 5) is 23.5. The third kappa shape index (κ3) is 3.72. The molecule has 1 unspecified atom stereocenters. The van der Waals surface area contributed by atoms with Gasteiger partial charge in [0.05, 0.1) is 17.8 Å². The normalized spacial score (nSPS) is 44.3. The van der Waals surface area contributed by atoms with E-state index in [0.717, 1.165) is 31.3 Å². The van der Waals surface area contributed by atoms with Gasteiger partial charge in [0.2, 0.25) is 0 Å². The van der Waals surface area contributed by atoms with Gasteiger partial charge in [-0.2, -0.15) is 0 Å². The predicted octanol–water partition coefficient (Wildman–Crippen LogP) is 3.07. The van der Waals surface area contributed by atoms with Crippen molar-refractivity contribution in [3.63, 3.8) is 0 Å². The maximum absolute atomic E-state index is 12.0. The lowest BCUT2D eigenvalue weighted by molar-refractivity contribution is -0.157.